The topological polar surface area (TPSA) is 72.0 Å². The molecule has 0 amide bonds. The molecule has 242 valence electrons. The van der Waals surface area contributed by atoms with Gasteiger partial charge in [0.1, 0.15) is 11.5 Å². The maximum absolute atomic E-state index is 11.2. The van der Waals surface area contributed by atoms with E-state index >= 15 is 0 Å². The lowest BCUT2D eigenvalue weighted by molar-refractivity contribution is 0.422. The summed E-state index contributed by atoms with van der Waals surface area (Å²) in [4.78, 5) is 7.33. The number of nitrogens with one attached hydrogen (secondary N) is 2. The molecule has 5 aromatic rings. The van der Waals surface area contributed by atoms with Gasteiger partial charge in [-0.15, -0.1) is 0 Å². The minimum absolute atomic E-state index is 0.193. The molecule has 4 N–H and O–H groups in total. The zero-order chi connectivity index (χ0) is 34.0. The van der Waals surface area contributed by atoms with Crippen LogP contribution >= 0.6 is 0 Å². The Labute approximate surface area is 276 Å². The highest BCUT2D eigenvalue weighted by molar-refractivity contribution is 5.76. The lowest BCUT2D eigenvalue weighted by Crippen LogP contribution is -2.17. The minimum Gasteiger partial charge on any atom is -0.507 e. The van der Waals surface area contributed by atoms with Gasteiger partial charge in [0.05, 0.1) is 0 Å². The van der Waals surface area contributed by atoms with Crippen molar-refractivity contribution in [1.82, 2.24) is 9.97 Å². The van der Waals surface area contributed by atoms with Gasteiger partial charge in [-0.1, -0.05) is 101 Å². The molecule has 4 heteroatoms. The minimum atomic E-state index is -0.193. The predicted octanol–water partition coefficient (Wildman–Crippen LogP) is 11.6. The first kappa shape index (κ1) is 33.2. The number of aromatic amines is 2. The van der Waals surface area contributed by atoms with E-state index in [4.69, 9.17) is 0 Å². The number of phenolic OH excluding ortho intramolecular Hbond substituents is 2. The fourth-order valence-electron chi connectivity index (χ4n) is 6.18. The summed E-state index contributed by atoms with van der Waals surface area (Å²) in [5.41, 5.74) is 11.5. The van der Waals surface area contributed by atoms with Gasteiger partial charge in [-0.3, -0.25) is 0 Å². The van der Waals surface area contributed by atoms with Crippen molar-refractivity contribution >= 4 is 0 Å². The fourth-order valence-corrected chi connectivity index (χ4v) is 6.18. The monoisotopic (exact) mass is 616 g/mol. The Balaban J connectivity index is 1.51. The summed E-state index contributed by atoms with van der Waals surface area (Å²) < 4.78 is 0. The molecule has 3 aromatic carbocycles. The van der Waals surface area contributed by atoms with Crippen LogP contribution in [0.25, 0.3) is 45.0 Å². The molecule has 0 spiro atoms. The predicted molar refractivity (Wildman–Crippen MR) is 195 cm³/mol. The average Bonchev–Trinajstić information content (AvgIpc) is 3.62. The van der Waals surface area contributed by atoms with Crippen LogP contribution in [0.4, 0.5) is 0 Å². The number of H-pyrrole nitrogens is 2. The van der Waals surface area contributed by atoms with Gasteiger partial charge in [0.25, 0.3) is 0 Å². The molecular weight excluding hydrogens is 564 g/mol. The van der Waals surface area contributed by atoms with Crippen molar-refractivity contribution in [3.8, 4) is 56.5 Å². The van der Waals surface area contributed by atoms with E-state index in [2.05, 4.69) is 166 Å². The van der Waals surface area contributed by atoms with Crippen LogP contribution in [0.1, 0.15) is 105 Å². The molecule has 0 aliphatic rings. The van der Waals surface area contributed by atoms with Crippen molar-refractivity contribution in [2.75, 3.05) is 0 Å². The van der Waals surface area contributed by atoms with Crippen LogP contribution < -0.4 is 0 Å². The summed E-state index contributed by atoms with van der Waals surface area (Å²) in [6.07, 6.45) is 0. The van der Waals surface area contributed by atoms with E-state index in [1.165, 1.54) is 0 Å². The number of hydrogen-bond acceptors (Lipinski definition) is 2. The third kappa shape index (κ3) is 6.54. The van der Waals surface area contributed by atoms with E-state index in [9.17, 15) is 10.2 Å². The number of benzene rings is 3. The lowest BCUT2D eigenvalue weighted by atomic mass is 9.78. The van der Waals surface area contributed by atoms with Gasteiger partial charge >= 0.3 is 0 Å². The summed E-state index contributed by atoms with van der Waals surface area (Å²) in [7, 11) is 0. The van der Waals surface area contributed by atoms with E-state index < -0.39 is 0 Å². The van der Waals surface area contributed by atoms with Gasteiger partial charge in [-0.2, -0.15) is 0 Å². The Morgan fingerprint density at radius 3 is 0.891 bits per heavy atom. The van der Waals surface area contributed by atoms with Crippen LogP contribution in [0.15, 0.2) is 72.8 Å². The lowest BCUT2D eigenvalue weighted by Gasteiger charge is -2.28. The average molecular weight is 617 g/mol. The first-order valence-electron chi connectivity index (χ1n) is 16.4. The van der Waals surface area contributed by atoms with Crippen molar-refractivity contribution in [3.63, 3.8) is 0 Å². The first-order valence-corrected chi connectivity index (χ1v) is 16.4. The molecule has 0 aliphatic heterocycles. The number of aromatic hydroxyl groups is 2. The van der Waals surface area contributed by atoms with Gasteiger partial charge < -0.3 is 20.2 Å². The first-order chi connectivity index (χ1) is 21.1. The summed E-state index contributed by atoms with van der Waals surface area (Å²) in [6.45, 7) is 25.7. The van der Waals surface area contributed by atoms with Gasteiger partial charge in [0.2, 0.25) is 0 Å². The maximum atomic E-state index is 11.2. The molecule has 4 nitrogen and oxygen atoms in total. The van der Waals surface area contributed by atoms with Gasteiger partial charge in [-0.05, 0) is 98.5 Å². The number of hydrogen-bond donors (Lipinski definition) is 4. The van der Waals surface area contributed by atoms with Crippen LogP contribution in [-0.2, 0) is 21.7 Å². The number of phenols is 2. The van der Waals surface area contributed by atoms with Gasteiger partial charge in [0.15, 0.2) is 0 Å². The zero-order valence-corrected chi connectivity index (χ0v) is 29.8. The molecular formula is C42H52N2O2. The fraction of sp³-hybridized carbons (Fsp3) is 0.381. The van der Waals surface area contributed by atoms with E-state index in [1.54, 1.807) is 0 Å². The third-order valence-corrected chi connectivity index (χ3v) is 8.93. The van der Waals surface area contributed by atoms with Crippen LogP contribution in [0, 0.1) is 0 Å². The molecule has 0 atom stereocenters. The van der Waals surface area contributed by atoms with Gasteiger partial charge in [-0.25, -0.2) is 0 Å². The molecule has 46 heavy (non-hydrogen) atoms. The van der Waals surface area contributed by atoms with E-state index in [1.807, 2.05) is 0 Å². The molecule has 0 aliphatic carbocycles. The molecule has 0 unspecified atom stereocenters. The summed E-state index contributed by atoms with van der Waals surface area (Å²) in [5.74, 6) is 0.787. The Hall–Kier alpha value is -4.18. The highest BCUT2D eigenvalue weighted by atomic mass is 16.3. The second kappa shape index (κ2) is 11.3. The Morgan fingerprint density at radius 1 is 0.370 bits per heavy atom. The van der Waals surface area contributed by atoms with E-state index in [-0.39, 0.29) is 21.7 Å². The van der Waals surface area contributed by atoms with Crippen molar-refractivity contribution < 1.29 is 10.2 Å². The molecule has 0 radical (unpaired) electrons. The van der Waals surface area contributed by atoms with Crippen LogP contribution in [0.3, 0.4) is 0 Å². The van der Waals surface area contributed by atoms with E-state index in [0.29, 0.717) is 11.5 Å². The van der Waals surface area contributed by atoms with E-state index in [0.717, 1.165) is 67.3 Å². The summed E-state index contributed by atoms with van der Waals surface area (Å²) in [6, 6.07) is 25.6. The molecule has 2 aromatic heterocycles. The molecule has 2 heterocycles. The Bertz CT molecular complexity index is 1680. The molecule has 5 rings (SSSR count). The molecule has 0 fully saturated rings. The van der Waals surface area contributed by atoms with Crippen molar-refractivity contribution in [2.24, 2.45) is 0 Å². The van der Waals surface area contributed by atoms with Crippen LogP contribution in [0.2, 0.25) is 0 Å². The van der Waals surface area contributed by atoms with Crippen molar-refractivity contribution in [3.05, 3.63) is 95.1 Å². The Morgan fingerprint density at radius 2 is 0.630 bits per heavy atom. The normalized spacial score (nSPS) is 13.0. The highest BCUT2D eigenvalue weighted by Crippen LogP contribution is 2.44. The zero-order valence-electron chi connectivity index (χ0n) is 29.8. The SMILES string of the molecule is CC(C)(C)c1cc(-c2ccc(-c3cccc(-c4ccc(-c5cc(C(C)(C)C)c(O)c(C(C)(C)C)c5)[nH]4)c3)[nH]2)cc(C(C)(C)C)c1O. The van der Waals surface area contributed by atoms with Crippen molar-refractivity contribution in [2.45, 2.75) is 105 Å². The number of rotatable bonds is 4. The van der Waals surface area contributed by atoms with Gasteiger partial charge in [0, 0.05) is 45.0 Å². The smallest absolute Gasteiger partial charge is 0.123 e. The standard InChI is InChI=1S/C42H52N2O2/c1-39(2,3)29-21-27(22-30(37(29)45)40(4,5)6)35-18-16-33(43-35)25-14-13-15-26(20-25)34-17-19-36(44-34)28-23-31(41(7,8)9)38(46)32(24-28)42(10,11)12/h13-24,43-46H,1-12H3. The largest absolute Gasteiger partial charge is 0.507 e. The maximum Gasteiger partial charge on any atom is 0.123 e. The van der Waals surface area contributed by atoms with Crippen LogP contribution in [-0.4, -0.2) is 20.2 Å². The number of aromatic nitrogens is 2. The van der Waals surface area contributed by atoms with Crippen LogP contribution in [0.5, 0.6) is 11.5 Å². The summed E-state index contributed by atoms with van der Waals surface area (Å²) >= 11 is 0. The second-order valence-corrected chi connectivity index (χ2v) is 17.0. The molecule has 0 saturated carbocycles. The molecule has 0 saturated heterocycles. The second-order valence-electron chi connectivity index (χ2n) is 17.0. The third-order valence-electron chi connectivity index (χ3n) is 8.93. The quantitative estimate of drug-likeness (QED) is 0.162. The Kier molecular flexibility index (Phi) is 8.12. The summed E-state index contributed by atoms with van der Waals surface area (Å²) in [5, 5.41) is 22.4. The highest BCUT2D eigenvalue weighted by Gasteiger charge is 2.28. The van der Waals surface area contributed by atoms with Crippen molar-refractivity contribution in [1.29, 1.82) is 0 Å². The molecule has 0 bridgehead atoms.